The number of likely N-dealkylation sites (tertiary alicyclic amines) is 1. The molecule has 0 radical (unpaired) electrons. The molecule has 5 heteroatoms. The Morgan fingerprint density at radius 1 is 1.20 bits per heavy atom. The SMILES string of the molecule is O=C(NC1CC1)C1CCCN1C(=O)CCC1CCNC1. The zero-order chi connectivity index (χ0) is 13.9. The lowest BCUT2D eigenvalue weighted by Crippen LogP contribution is -2.46. The maximum absolute atomic E-state index is 12.3. The molecule has 5 nitrogen and oxygen atoms in total. The fourth-order valence-corrected chi connectivity index (χ4v) is 3.29. The Bertz CT molecular complexity index is 375. The monoisotopic (exact) mass is 279 g/mol. The summed E-state index contributed by atoms with van der Waals surface area (Å²) in [5.74, 6) is 0.881. The van der Waals surface area contributed by atoms with Crippen LogP contribution in [0, 0.1) is 5.92 Å². The van der Waals surface area contributed by atoms with Crippen LogP contribution in [-0.4, -0.2) is 48.4 Å². The Balaban J connectivity index is 1.48. The van der Waals surface area contributed by atoms with Crippen LogP contribution >= 0.6 is 0 Å². The molecule has 112 valence electrons. The molecule has 2 unspecified atom stereocenters. The van der Waals surface area contributed by atoms with Gasteiger partial charge in [0.05, 0.1) is 0 Å². The normalized spacial score (nSPS) is 29.7. The molecule has 2 saturated heterocycles. The van der Waals surface area contributed by atoms with Gasteiger partial charge in [0.2, 0.25) is 11.8 Å². The quantitative estimate of drug-likeness (QED) is 0.776. The van der Waals surface area contributed by atoms with Gasteiger partial charge in [-0.05, 0) is 57.5 Å². The maximum atomic E-state index is 12.3. The smallest absolute Gasteiger partial charge is 0.243 e. The average Bonchev–Trinajstić information content (AvgIpc) is 2.98. The van der Waals surface area contributed by atoms with Crippen LogP contribution < -0.4 is 10.6 Å². The van der Waals surface area contributed by atoms with E-state index >= 15 is 0 Å². The molecular formula is C15H25N3O2. The molecule has 3 rings (SSSR count). The number of rotatable bonds is 5. The van der Waals surface area contributed by atoms with Gasteiger partial charge < -0.3 is 15.5 Å². The number of amides is 2. The average molecular weight is 279 g/mol. The number of hydrogen-bond acceptors (Lipinski definition) is 3. The van der Waals surface area contributed by atoms with Crippen molar-refractivity contribution in [1.82, 2.24) is 15.5 Å². The van der Waals surface area contributed by atoms with Gasteiger partial charge in [0.1, 0.15) is 6.04 Å². The second-order valence-electron chi connectivity index (χ2n) is 6.43. The number of carbonyl (C=O) groups is 2. The Labute approximate surface area is 120 Å². The van der Waals surface area contributed by atoms with Gasteiger partial charge in [-0.3, -0.25) is 9.59 Å². The summed E-state index contributed by atoms with van der Waals surface area (Å²) >= 11 is 0. The molecule has 2 heterocycles. The Morgan fingerprint density at radius 2 is 2.05 bits per heavy atom. The van der Waals surface area contributed by atoms with E-state index in [1.54, 1.807) is 0 Å². The lowest BCUT2D eigenvalue weighted by Gasteiger charge is -2.24. The van der Waals surface area contributed by atoms with E-state index in [1.807, 2.05) is 4.90 Å². The van der Waals surface area contributed by atoms with Crippen LogP contribution in [-0.2, 0) is 9.59 Å². The molecule has 1 aliphatic carbocycles. The summed E-state index contributed by atoms with van der Waals surface area (Å²) in [6.07, 6.45) is 6.72. The molecule has 3 fully saturated rings. The molecule has 20 heavy (non-hydrogen) atoms. The molecule has 3 aliphatic rings. The van der Waals surface area contributed by atoms with E-state index in [1.165, 1.54) is 6.42 Å². The highest BCUT2D eigenvalue weighted by atomic mass is 16.2. The van der Waals surface area contributed by atoms with Crippen molar-refractivity contribution in [3.63, 3.8) is 0 Å². The minimum absolute atomic E-state index is 0.0703. The van der Waals surface area contributed by atoms with E-state index in [0.717, 1.165) is 51.7 Å². The molecule has 2 aliphatic heterocycles. The fourth-order valence-electron chi connectivity index (χ4n) is 3.29. The number of nitrogens with one attached hydrogen (secondary N) is 2. The first-order valence-electron chi connectivity index (χ1n) is 8.04. The lowest BCUT2D eigenvalue weighted by atomic mass is 10.0. The molecule has 0 spiro atoms. The first-order chi connectivity index (χ1) is 9.74. The predicted molar refractivity (Wildman–Crippen MR) is 76.1 cm³/mol. The minimum atomic E-state index is -0.204. The number of hydrogen-bond donors (Lipinski definition) is 2. The van der Waals surface area contributed by atoms with Crippen molar-refractivity contribution in [3.05, 3.63) is 0 Å². The molecule has 0 aromatic rings. The predicted octanol–water partition coefficient (Wildman–Crippen LogP) is 0.646. The largest absolute Gasteiger partial charge is 0.352 e. The zero-order valence-electron chi connectivity index (χ0n) is 12.1. The molecular weight excluding hydrogens is 254 g/mol. The summed E-state index contributed by atoms with van der Waals surface area (Å²) in [6, 6.07) is 0.175. The molecule has 0 aromatic heterocycles. The second-order valence-corrected chi connectivity index (χ2v) is 6.43. The van der Waals surface area contributed by atoms with Gasteiger partial charge in [0, 0.05) is 19.0 Å². The molecule has 2 amide bonds. The Morgan fingerprint density at radius 3 is 2.75 bits per heavy atom. The van der Waals surface area contributed by atoms with E-state index < -0.39 is 0 Å². The third-order valence-electron chi connectivity index (χ3n) is 4.73. The van der Waals surface area contributed by atoms with Gasteiger partial charge in [-0.1, -0.05) is 0 Å². The standard InChI is InChI=1S/C15H25N3O2/c19-14(6-3-11-7-8-16-10-11)18-9-1-2-13(18)15(20)17-12-4-5-12/h11-13,16H,1-10H2,(H,17,20). The van der Waals surface area contributed by atoms with E-state index in [-0.39, 0.29) is 17.9 Å². The van der Waals surface area contributed by atoms with E-state index in [4.69, 9.17) is 0 Å². The number of nitrogens with zero attached hydrogens (tertiary/aromatic N) is 1. The van der Waals surface area contributed by atoms with Crippen molar-refractivity contribution in [2.75, 3.05) is 19.6 Å². The summed E-state index contributed by atoms with van der Waals surface area (Å²) in [7, 11) is 0. The van der Waals surface area contributed by atoms with Gasteiger partial charge in [-0.15, -0.1) is 0 Å². The van der Waals surface area contributed by atoms with Gasteiger partial charge in [0.15, 0.2) is 0 Å². The van der Waals surface area contributed by atoms with Gasteiger partial charge in [-0.25, -0.2) is 0 Å². The fraction of sp³-hybridized carbons (Fsp3) is 0.867. The summed E-state index contributed by atoms with van der Waals surface area (Å²) < 4.78 is 0. The highest BCUT2D eigenvalue weighted by Crippen LogP contribution is 2.24. The topological polar surface area (TPSA) is 61.4 Å². The minimum Gasteiger partial charge on any atom is -0.352 e. The van der Waals surface area contributed by atoms with Crippen LogP contribution in [0.2, 0.25) is 0 Å². The Hall–Kier alpha value is -1.10. The van der Waals surface area contributed by atoms with Gasteiger partial charge in [0.25, 0.3) is 0 Å². The zero-order valence-corrected chi connectivity index (χ0v) is 12.1. The molecule has 0 bridgehead atoms. The second kappa shape index (κ2) is 6.12. The van der Waals surface area contributed by atoms with Crippen molar-refractivity contribution in [3.8, 4) is 0 Å². The first-order valence-corrected chi connectivity index (χ1v) is 8.04. The van der Waals surface area contributed by atoms with Crippen molar-refractivity contribution in [1.29, 1.82) is 0 Å². The van der Waals surface area contributed by atoms with Crippen LogP contribution in [0.5, 0.6) is 0 Å². The van der Waals surface area contributed by atoms with Gasteiger partial charge in [-0.2, -0.15) is 0 Å². The molecule has 1 saturated carbocycles. The Kier molecular flexibility index (Phi) is 4.24. The van der Waals surface area contributed by atoms with Crippen LogP contribution in [0.1, 0.15) is 44.9 Å². The van der Waals surface area contributed by atoms with Crippen molar-refractivity contribution in [2.24, 2.45) is 5.92 Å². The third-order valence-corrected chi connectivity index (χ3v) is 4.73. The third kappa shape index (κ3) is 3.32. The lowest BCUT2D eigenvalue weighted by molar-refractivity contribution is -0.138. The maximum Gasteiger partial charge on any atom is 0.243 e. The molecule has 2 atom stereocenters. The summed E-state index contributed by atoms with van der Waals surface area (Å²) in [6.45, 7) is 2.87. The van der Waals surface area contributed by atoms with Crippen molar-refractivity contribution >= 4 is 11.8 Å². The van der Waals surface area contributed by atoms with E-state index in [0.29, 0.717) is 18.4 Å². The summed E-state index contributed by atoms with van der Waals surface area (Å²) in [5.41, 5.74) is 0. The van der Waals surface area contributed by atoms with Crippen LogP contribution in [0.3, 0.4) is 0 Å². The number of carbonyl (C=O) groups excluding carboxylic acids is 2. The highest BCUT2D eigenvalue weighted by molar-refractivity contribution is 5.88. The van der Waals surface area contributed by atoms with Crippen LogP contribution in [0.4, 0.5) is 0 Å². The van der Waals surface area contributed by atoms with E-state index in [9.17, 15) is 9.59 Å². The van der Waals surface area contributed by atoms with E-state index in [2.05, 4.69) is 10.6 Å². The van der Waals surface area contributed by atoms with Crippen LogP contribution in [0.25, 0.3) is 0 Å². The summed E-state index contributed by atoms with van der Waals surface area (Å²) in [5, 5.41) is 6.37. The molecule has 0 aromatic carbocycles. The highest BCUT2D eigenvalue weighted by Gasteiger charge is 2.36. The molecule has 2 N–H and O–H groups in total. The van der Waals surface area contributed by atoms with Crippen LogP contribution in [0.15, 0.2) is 0 Å². The van der Waals surface area contributed by atoms with Crippen molar-refractivity contribution in [2.45, 2.75) is 57.0 Å². The van der Waals surface area contributed by atoms with Gasteiger partial charge >= 0.3 is 0 Å². The van der Waals surface area contributed by atoms with Crippen molar-refractivity contribution < 1.29 is 9.59 Å². The summed E-state index contributed by atoms with van der Waals surface area (Å²) in [4.78, 5) is 26.3. The first kappa shape index (κ1) is 13.9.